The van der Waals surface area contributed by atoms with Crippen LogP contribution in [0, 0.1) is 3.57 Å². The third kappa shape index (κ3) is 4.01. The standard InChI is InChI=1S/C25H21ClIN3O2/c26-17-5-3-4-16(14-17)8-9-22(31)30-13-10-21-18(15-30)23(32)29-24(28-21)25(11-12-25)19-6-1-2-7-20(19)27/h1-9,14H,10-13,15H2,(H,28,29,32). The van der Waals surface area contributed by atoms with Crippen molar-refractivity contribution in [2.75, 3.05) is 6.54 Å². The number of H-pyrrole nitrogens is 1. The lowest BCUT2D eigenvalue weighted by Gasteiger charge is -2.28. The molecule has 2 aliphatic rings. The number of nitrogens with one attached hydrogen (secondary N) is 1. The molecule has 0 unspecified atom stereocenters. The minimum absolute atomic E-state index is 0.128. The van der Waals surface area contributed by atoms with Crippen LogP contribution in [-0.2, 0) is 23.2 Å². The van der Waals surface area contributed by atoms with Crippen molar-refractivity contribution in [3.05, 3.63) is 102 Å². The molecule has 162 valence electrons. The van der Waals surface area contributed by atoms with E-state index in [4.69, 9.17) is 16.6 Å². The maximum Gasteiger partial charge on any atom is 0.256 e. The van der Waals surface area contributed by atoms with Crippen molar-refractivity contribution in [1.82, 2.24) is 14.9 Å². The fourth-order valence-electron chi connectivity index (χ4n) is 4.33. The Morgan fingerprint density at radius 1 is 1.19 bits per heavy atom. The molecular weight excluding hydrogens is 537 g/mol. The van der Waals surface area contributed by atoms with Crippen LogP contribution < -0.4 is 5.56 Å². The van der Waals surface area contributed by atoms with Crippen LogP contribution in [0.2, 0.25) is 5.02 Å². The Morgan fingerprint density at radius 3 is 2.75 bits per heavy atom. The molecule has 1 saturated carbocycles. The molecule has 2 heterocycles. The second kappa shape index (κ2) is 8.48. The van der Waals surface area contributed by atoms with Gasteiger partial charge in [-0.2, -0.15) is 0 Å². The summed E-state index contributed by atoms with van der Waals surface area (Å²) in [6.45, 7) is 0.810. The Morgan fingerprint density at radius 2 is 2.00 bits per heavy atom. The molecule has 1 fully saturated rings. The number of halogens is 2. The summed E-state index contributed by atoms with van der Waals surface area (Å²) >= 11 is 8.35. The van der Waals surface area contributed by atoms with Crippen molar-refractivity contribution in [2.45, 2.75) is 31.2 Å². The van der Waals surface area contributed by atoms with E-state index in [1.807, 2.05) is 24.3 Å². The number of benzene rings is 2. The highest BCUT2D eigenvalue weighted by Crippen LogP contribution is 2.53. The van der Waals surface area contributed by atoms with Crippen molar-refractivity contribution in [1.29, 1.82) is 0 Å². The molecule has 2 aromatic carbocycles. The number of carbonyl (C=O) groups excluding carboxylic acids is 1. The number of hydrogen-bond donors (Lipinski definition) is 1. The molecule has 5 rings (SSSR count). The molecule has 1 N–H and O–H groups in total. The third-order valence-corrected chi connectivity index (χ3v) is 7.42. The van der Waals surface area contributed by atoms with Gasteiger partial charge in [0.25, 0.3) is 5.56 Å². The normalized spacial score (nSPS) is 16.8. The lowest BCUT2D eigenvalue weighted by molar-refractivity contribution is -0.126. The number of amides is 1. The first-order valence-corrected chi connectivity index (χ1v) is 12.0. The largest absolute Gasteiger partial charge is 0.334 e. The summed E-state index contributed by atoms with van der Waals surface area (Å²) in [6.07, 6.45) is 5.81. The molecule has 7 heteroatoms. The molecular formula is C25H21ClIN3O2. The number of rotatable bonds is 4. The zero-order valence-electron chi connectivity index (χ0n) is 17.3. The summed E-state index contributed by atoms with van der Waals surface area (Å²) in [7, 11) is 0. The van der Waals surface area contributed by atoms with Crippen LogP contribution in [0.5, 0.6) is 0 Å². The molecule has 0 bridgehead atoms. The van der Waals surface area contributed by atoms with Crippen LogP contribution in [0.25, 0.3) is 6.08 Å². The highest BCUT2D eigenvalue weighted by atomic mass is 127. The van der Waals surface area contributed by atoms with Gasteiger partial charge in [0.2, 0.25) is 5.91 Å². The summed E-state index contributed by atoms with van der Waals surface area (Å²) in [6, 6.07) is 15.6. The van der Waals surface area contributed by atoms with E-state index in [-0.39, 0.29) is 23.4 Å². The molecule has 1 aromatic heterocycles. The molecule has 5 nitrogen and oxygen atoms in total. The fraction of sp³-hybridized carbons (Fsp3) is 0.240. The van der Waals surface area contributed by atoms with E-state index in [1.54, 1.807) is 23.1 Å². The number of carbonyl (C=O) groups is 1. The first-order chi connectivity index (χ1) is 15.5. The average molecular weight is 558 g/mol. The molecule has 3 aromatic rings. The second-order valence-corrected chi connectivity index (χ2v) is 9.90. The number of hydrogen-bond acceptors (Lipinski definition) is 3. The Hall–Kier alpha value is -2.45. The fourth-order valence-corrected chi connectivity index (χ4v) is 5.43. The first-order valence-electron chi connectivity index (χ1n) is 10.6. The SMILES string of the molecule is O=C(C=Cc1cccc(Cl)c1)N1CCc2nc(C3(c4ccccc4I)CC3)[nH]c(=O)c2C1. The van der Waals surface area contributed by atoms with Crippen LogP contribution in [0.3, 0.4) is 0 Å². The van der Waals surface area contributed by atoms with Gasteiger partial charge in [-0.3, -0.25) is 9.59 Å². The van der Waals surface area contributed by atoms with Gasteiger partial charge in [-0.25, -0.2) is 4.98 Å². The van der Waals surface area contributed by atoms with Gasteiger partial charge in [0.1, 0.15) is 5.82 Å². The summed E-state index contributed by atoms with van der Waals surface area (Å²) in [5.41, 5.74) is 3.14. The van der Waals surface area contributed by atoms with Crippen molar-refractivity contribution in [3.8, 4) is 0 Å². The number of aromatic amines is 1. The van der Waals surface area contributed by atoms with Gasteiger partial charge in [0, 0.05) is 27.6 Å². The number of nitrogens with zero attached hydrogens (tertiary/aromatic N) is 2. The first kappa shape index (κ1) is 21.4. The van der Waals surface area contributed by atoms with Gasteiger partial charge in [-0.05, 0) is 70.8 Å². The smallest absolute Gasteiger partial charge is 0.256 e. The number of aromatic nitrogens is 2. The quantitative estimate of drug-likeness (QED) is 0.373. The van der Waals surface area contributed by atoms with E-state index >= 15 is 0 Å². The van der Waals surface area contributed by atoms with E-state index in [1.165, 1.54) is 15.2 Å². The third-order valence-electron chi connectivity index (χ3n) is 6.24. The number of fused-ring (bicyclic) bond motifs is 1. The summed E-state index contributed by atoms with van der Waals surface area (Å²) in [5.74, 6) is 0.627. The summed E-state index contributed by atoms with van der Waals surface area (Å²) in [5, 5.41) is 0.624. The lowest BCUT2D eigenvalue weighted by atomic mass is 9.94. The Labute approximate surface area is 204 Å². The Balaban J connectivity index is 1.38. The molecule has 0 radical (unpaired) electrons. The Bertz CT molecular complexity index is 1300. The summed E-state index contributed by atoms with van der Waals surface area (Å²) < 4.78 is 1.19. The van der Waals surface area contributed by atoms with Crippen molar-refractivity contribution in [3.63, 3.8) is 0 Å². The van der Waals surface area contributed by atoms with E-state index < -0.39 is 0 Å². The monoisotopic (exact) mass is 557 g/mol. The van der Waals surface area contributed by atoms with Crippen molar-refractivity contribution >= 4 is 46.2 Å². The van der Waals surface area contributed by atoms with Crippen LogP contribution in [0.4, 0.5) is 0 Å². The molecule has 0 saturated heterocycles. The van der Waals surface area contributed by atoms with E-state index in [2.05, 4.69) is 39.7 Å². The van der Waals surface area contributed by atoms with Gasteiger partial charge < -0.3 is 9.88 Å². The van der Waals surface area contributed by atoms with Gasteiger partial charge in [-0.1, -0.05) is 41.9 Å². The predicted octanol–water partition coefficient (Wildman–Crippen LogP) is 4.71. The second-order valence-electron chi connectivity index (χ2n) is 8.30. The van der Waals surface area contributed by atoms with Gasteiger partial charge in [-0.15, -0.1) is 0 Å². The molecule has 0 spiro atoms. The minimum atomic E-state index is -0.196. The van der Waals surface area contributed by atoms with Gasteiger partial charge in [0.05, 0.1) is 23.2 Å². The van der Waals surface area contributed by atoms with Crippen molar-refractivity contribution < 1.29 is 4.79 Å². The zero-order chi connectivity index (χ0) is 22.3. The van der Waals surface area contributed by atoms with Gasteiger partial charge in [0.15, 0.2) is 0 Å². The highest BCUT2D eigenvalue weighted by molar-refractivity contribution is 14.1. The van der Waals surface area contributed by atoms with E-state index in [0.717, 1.165) is 29.9 Å². The maximum absolute atomic E-state index is 13.0. The average Bonchev–Trinajstić information content (AvgIpc) is 3.59. The lowest BCUT2D eigenvalue weighted by Crippen LogP contribution is -2.39. The molecule has 1 aliphatic heterocycles. The predicted molar refractivity (Wildman–Crippen MR) is 134 cm³/mol. The van der Waals surface area contributed by atoms with E-state index in [0.29, 0.717) is 23.6 Å². The maximum atomic E-state index is 13.0. The molecule has 32 heavy (non-hydrogen) atoms. The van der Waals surface area contributed by atoms with Crippen LogP contribution in [0.1, 0.15) is 41.1 Å². The van der Waals surface area contributed by atoms with E-state index in [9.17, 15) is 9.59 Å². The van der Waals surface area contributed by atoms with Crippen LogP contribution in [-0.4, -0.2) is 27.3 Å². The van der Waals surface area contributed by atoms with Crippen LogP contribution >= 0.6 is 34.2 Å². The Kier molecular flexibility index (Phi) is 5.67. The summed E-state index contributed by atoms with van der Waals surface area (Å²) in [4.78, 5) is 35.3. The molecule has 1 amide bonds. The topological polar surface area (TPSA) is 66.1 Å². The van der Waals surface area contributed by atoms with Gasteiger partial charge >= 0.3 is 0 Å². The molecule has 1 aliphatic carbocycles. The zero-order valence-corrected chi connectivity index (χ0v) is 20.2. The highest BCUT2D eigenvalue weighted by Gasteiger charge is 2.49. The van der Waals surface area contributed by atoms with Crippen molar-refractivity contribution in [2.24, 2.45) is 0 Å². The molecule has 0 atom stereocenters. The minimum Gasteiger partial charge on any atom is -0.334 e. The van der Waals surface area contributed by atoms with Crippen LogP contribution in [0.15, 0.2) is 59.4 Å².